The first-order valence-electron chi connectivity index (χ1n) is 7.98. The first-order valence-corrected chi connectivity index (χ1v) is 9.82. The van der Waals surface area contributed by atoms with Crippen LogP contribution in [0.25, 0.3) is 0 Å². The summed E-state index contributed by atoms with van der Waals surface area (Å²) in [6.45, 7) is 1.09. The van der Waals surface area contributed by atoms with Crippen molar-refractivity contribution in [3.05, 3.63) is 59.7 Å². The molecule has 0 bridgehead atoms. The quantitative estimate of drug-likeness (QED) is 0.778. The first-order chi connectivity index (χ1) is 12.6. The number of carbonyl (C=O) groups excluding carboxylic acids is 1. The zero-order chi connectivity index (χ0) is 20.2. The van der Waals surface area contributed by atoms with E-state index in [-0.39, 0.29) is 0 Å². The van der Waals surface area contributed by atoms with E-state index in [1.165, 1.54) is 7.11 Å². The predicted octanol–water partition coefficient (Wildman–Crippen LogP) is 2.62. The van der Waals surface area contributed by atoms with Gasteiger partial charge in [-0.05, 0) is 36.8 Å². The molecule has 2 aromatic rings. The molecule has 0 radical (unpaired) electrons. The number of nitrogens with one attached hydrogen (secondary N) is 1. The number of carbonyl (C=O) groups is 1. The van der Waals surface area contributed by atoms with Crippen LogP contribution in [-0.2, 0) is 14.8 Å². The summed E-state index contributed by atoms with van der Waals surface area (Å²) < 4.78 is 56.7. The van der Waals surface area contributed by atoms with Crippen molar-refractivity contribution in [2.45, 2.75) is 13.0 Å². The Kier molecular flexibility index (Phi) is 6.37. The highest BCUT2D eigenvalue weighted by Gasteiger charge is 2.24. The van der Waals surface area contributed by atoms with Gasteiger partial charge in [-0.1, -0.05) is 12.1 Å². The van der Waals surface area contributed by atoms with Crippen molar-refractivity contribution in [2.24, 2.45) is 0 Å². The van der Waals surface area contributed by atoms with Crippen LogP contribution in [0, 0.1) is 11.6 Å². The summed E-state index contributed by atoms with van der Waals surface area (Å²) in [7, 11) is -2.43. The number of rotatable bonds is 7. The van der Waals surface area contributed by atoms with E-state index in [0.29, 0.717) is 16.1 Å². The fourth-order valence-corrected chi connectivity index (χ4v) is 3.32. The van der Waals surface area contributed by atoms with Gasteiger partial charge in [0.25, 0.3) is 0 Å². The molecular formula is C18H20F2N2O4S. The highest BCUT2D eigenvalue weighted by molar-refractivity contribution is 7.92. The fraction of sp³-hybridized carbons (Fsp3) is 0.278. The maximum absolute atomic E-state index is 14.0. The zero-order valence-corrected chi connectivity index (χ0v) is 15.9. The standard InChI is InChI=1S/C18H20F2N2O4S/c1-12(13-4-7-15(26-2)8-5-13)21-18(23)11-22(27(3,24)25)17-9-6-14(19)10-16(17)20/h4-10,12H,11H2,1-3H3,(H,21,23)/t12-/m0/s1. The van der Waals surface area contributed by atoms with E-state index >= 15 is 0 Å². The van der Waals surface area contributed by atoms with Gasteiger partial charge in [-0.15, -0.1) is 0 Å². The van der Waals surface area contributed by atoms with Crippen LogP contribution in [0.3, 0.4) is 0 Å². The second kappa shape index (κ2) is 8.34. The van der Waals surface area contributed by atoms with Gasteiger partial charge in [0.1, 0.15) is 23.9 Å². The topological polar surface area (TPSA) is 75.7 Å². The van der Waals surface area contributed by atoms with Crippen LogP contribution >= 0.6 is 0 Å². The largest absolute Gasteiger partial charge is 0.497 e. The molecule has 6 nitrogen and oxygen atoms in total. The van der Waals surface area contributed by atoms with Gasteiger partial charge >= 0.3 is 0 Å². The molecule has 2 rings (SSSR count). The molecule has 0 saturated carbocycles. The number of methoxy groups -OCH3 is 1. The van der Waals surface area contributed by atoms with Crippen molar-refractivity contribution in [3.63, 3.8) is 0 Å². The minimum Gasteiger partial charge on any atom is -0.497 e. The Morgan fingerprint density at radius 3 is 2.33 bits per heavy atom. The third kappa shape index (κ3) is 5.40. The van der Waals surface area contributed by atoms with Crippen molar-refractivity contribution in [2.75, 3.05) is 24.2 Å². The number of sulfonamides is 1. The monoisotopic (exact) mass is 398 g/mol. The van der Waals surface area contributed by atoms with Gasteiger partial charge in [-0.25, -0.2) is 17.2 Å². The number of amides is 1. The second-order valence-electron chi connectivity index (χ2n) is 5.93. The van der Waals surface area contributed by atoms with Crippen molar-refractivity contribution in [1.82, 2.24) is 5.32 Å². The Morgan fingerprint density at radius 1 is 1.19 bits per heavy atom. The van der Waals surface area contributed by atoms with Crippen molar-refractivity contribution >= 4 is 21.6 Å². The van der Waals surface area contributed by atoms with Gasteiger partial charge < -0.3 is 10.1 Å². The van der Waals surface area contributed by atoms with Gasteiger partial charge in [-0.3, -0.25) is 9.10 Å². The third-order valence-electron chi connectivity index (χ3n) is 3.86. The molecule has 9 heteroatoms. The van der Waals surface area contributed by atoms with Crippen molar-refractivity contribution < 1.29 is 26.7 Å². The fourth-order valence-electron chi connectivity index (χ4n) is 2.46. The molecule has 0 unspecified atom stereocenters. The summed E-state index contributed by atoms with van der Waals surface area (Å²) >= 11 is 0. The van der Waals surface area contributed by atoms with Crippen LogP contribution in [0.5, 0.6) is 5.75 Å². The Hall–Kier alpha value is -2.68. The molecule has 146 valence electrons. The highest BCUT2D eigenvalue weighted by Crippen LogP contribution is 2.23. The lowest BCUT2D eigenvalue weighted by molar-refractivity contribution is -0.120. The predicted molar refractivity (Wildman–Crippen MR) is 98.1 cm³/mol. The number of anilines is 1. The number of hydrogen-bond donors (Lipinski definition) is 1. The lowest BCUT2D eigenvalue weighted by Crippen LogP contribution is -2.41. The molecule has 0 fully saturated rings. The molecule has 27 heavy (non-hydrogen) atoms. The molecule has 0 spiro atoms. The van der Waals surface area contributed by atoms with E-state index in [9.17, 15) is 22.0 Å². The molecule has 1 amide bonds. The van der Waals surface area contributed by atoms with Crippen LogP contribution in [0.15, 0.2) is 42.5 Å². The average Bonchev–Trinajstić information content (AvgIpc) is 2.59. The van der Waals surface area contributed by atoms with E-state index in [4.69, 9.17) is 4.74 Å². The number of halogens is 2. The molecular weight excluding hydrogens is 378 g/mol. The number of hydrogen-bond acceptors (Lipinski definition) is 4. The minimum atomic E-state index is -3.96. The summed E-state index contributed by atoms with van der Waals surface area (Å²) in [5, 5.41) is 2.65. The van der Waals surface area contributed by atoms with E-state index in [1.807, 2.05) is 0 Å². The molecule has 0 aliphatic carbocycles. The maximum Gasteiger partial charge on any atom is 0.241 e. The van der Waals surface area contributed by atoms with E-state index < -0.39 is 45.8 Å². The number of benzene rings is 2. The smallest absolute Gasteiger partial charge is 0.241 e. The summed E-state index contributed by atoms with van der Waals surface area (Å²) in [6, 6.07) is 9.04. The maximum atomic E-state index is 14.0. The molecule has 1 atom stereocenters. The Balaban J connectivity index is 2.16. The third-order valence-corrected chi connectivity index (χ3v) is 4.99. The number of nitrogens with zero attached hydrogens (tertiary/aromatic N) is 1. The van der Waals surface area contributed by atoms with Crippen molar-refractivity contribution in [1.29, 1.82) is 0 Å². The summed E-state index contributed by atoms with van der Waals surface area (Å²) in [4.78, 5) is 12.3. The van der Waals surface area contributed by atoms with Crippen LogP contribution < -0.4 is 14.4 Å². The summed E-state index contributed by atoms with van der Waals surface area (Å²) in [5.41, 5.74) is 0.383. The van der Waals surface area contributed by atoms with Gasteiger partial charge in [0.05, 0.1) is 25.1 Å². The lowest BCUT2D eigenvalue weighted by atomic mass is 10.1. The lowest BCUT2D eigenvalue weighted by Gasteiger charge is -2.23. The van der Waals surface area contributed by atoms with Crippen LogP contribution in [-0.4, -0.2) is 34.2 Å². The SMILES string of the molecule is COc1ccc([C@H](C)NC(=O)CN(c2ccc(F)cc2F)S(C)(=O)=O)cc1. The zero-order valence-electron chi connectivity index (χ0n) is 15.1. The molecule has 0 aliphatic heterocycles. The number of ether oxygens (including phenoxy) is 1. The first kappa shape index (κ1) is 20.6. The van der Waals surface area contributed by atoms with Crippen LogP contribution in [0.2, 0.25) is 0 Å². The molecule has 0 aromatic heterocycles. The average molecular weight is 398 g/mol. The molecule has 1 N–H and O–H groups in total. The minimum absolute atomic E-state index is 0.397. The Bertz CT molecular complexity index is 917. The van der Waals surface area contributed by atoms with Crippen molar-refractivity contribution in [3.8, 4) is 5.75 Å². The van der Waals surface area contributed by atoms with E-state index in [2.05, 4.69) is 5.32 Å². The van der Waals surface area contributed by atoms with Gasteiger partial charge in [0.2, 0.25) is 15.9 Å². The molecule has 0 aliphatic rings. The molecule has 0 saturated heterocycles. The normalized spacial score (nSPS) is 12.3. The van der Waals surface area contributed by atoms with Gasteiger partial charge in [0, 0.05) is 6.07 Å². The molecule has 0 heterocycles. The van der Waals surface area contributed by atoms with Gasteiger partial charge in [-0.2, -0.15) is 0 Å². The van der Waals surface area contributed by atoms with Crippen LogP contribution in [0.4, 0.5) is 14.5 Å². The molecule has 2 aromatic carbocycles. The van der Waals surface area contributed by atoms with E-state index in [1.54, 1.807) is 31.2 Å². The van der Waals surface area contributed by atoms with Crippen LogP contribution in [0.1, 0.15) is 18.5 Å². The Morgan fingerprint density at radius 2 is 1.81 bits per heavy atom. The van der Waals surface area contributed by atoms with Gasteiger partial charge in [0.15, 0.2) is 0 Å². The van der Waals surface area contributed by atoms with E-state index in [0.717, 1.165) is 24.0 Å². The highest BCUT2D eigenvalue weighted by atomic mass is 32.2. The Labute approximate surface area is 156 Å². The second-order valence-corrected chi connectivity index (χ2v) is 7.83. The summed E-state index contributed by atoms with van der Waals surface area (Å²) in [6.07, 6.45) is 0.843. The summed E-state index contributed by atoms with van der Waals surface area (Å²) in [5.74, 6) is -1.89.